The van der Waals surface area contributed by atoms with Gasteiger partial charge in [0.15, 0.2) is 0 Å². The molecule has 1 aliphatic rings. The van der Waals surface area contributed by atoms with E-state index in [9.17, 15) is 10.1 Å². The monoisotopic (exact) mass is 497 g/mol. The van der Waals surface area contributed by atoms with Crippen molar-refractivity contribution in [2.45, 2.75) is 37.1 Å². The summed E-state index contributed by atoms with van der Waals surface area (Å²) in [6, 6.07) is 14.9. The lowest BCUT2D eigenvalue weighted by Crippen LogP contribution is -2.29. The van der Waals surface area contributed by atoms with E-state index in [4.69, 9.17) is 4.74 Å². The minimum atomic E-state index is -0.407. The molecule has 186 valence electrons. The number of nitro benzene ring substituents is 1. The van der Waals surface area contributed by atoms with Crippen LogP contribution in [0, 0.1) is 10.1 Å². The number of anilines is 2. The van der Waals surface area contributed by atoms with E-state index in [0.29, 0.717) is 29.9 Å². The van der Waals surface area contributed by atoms with E-state index in [1.807, 2.05) is 6.07 Å². The van der Waals surface area contributed by atoms with Gasteiger partial charge in [-0.3, -0.25) is 19.7 Å². The fourth-order valence-corrected chi connectivity index (χ4v) is 4.63. The molecule has 0 radical (unpaired) electrons. The van der Waals surface area contributed by atoms with Crippen LogP contribution in [0.3, 0.4) is 0 Å². The van der Waals surface area contributed by atoms with Gasteiger partial charge in [0, 0.05) is 26.2 Å². The zero-order chi connectivity index (χ0) is 24.5. The molecule has 1 fully saturated rings. The van der Waals surface area contributed by atoms with Gasteiger partial charge in [-0.1, -0.05) is 30.7 Å². The largest absolute Gasteiger partial charge is 0.494 e. The van der Waals surface area contributed by atoms with Gasteiger partial charge < -0.3 is 10.1 Å². The molecule has 1 aromatic heterocycles. The second-order valence-corrected chi connectivity index (χ2v) is 9.27. The van der Waals surface area contributed by atoms with Gasteiger partial charge >= 0.3 is 0 Å². The number of rotatable bonds is 12. The number of nitrogens with zero attached hydrogens (tertiary/aromatic N) is 5. The number of likely N-dealkylation sites (tertiary alicyclic amines) is 1. The van der Waals surface area contributed by atoms with E-state index in [2.05, 4.69) is 43.2 Å². The lowest BCUT2D eigenvalue weighted by Gasteiger charge is -2.26. The molecule has 10 nitrogen and oxygen atoms in total. The van der Waals surface area contributed by atoms with Crippen LogP contribution in [-0.4, -0.2) is 50.8 Å². The summed E-state index contributed by atoms with van der Waals surface area (Å²) in [6.07, 6.45) is 4.73. The normalized spacial score (nSPS) is 14.0. The van der Waals surface area contributed by atoms with Crippen molar-refractivity contribution in [3.8, 4) is 5.75 Å². The third-order valence-electron chi connectivity index (χ3n) is 5.70. The van der Waals surface area contributed by atoms with Crippen molar-refractivity contribution in [1.29, 1.82) is 0 Å². The first-order valence-corrected chi connectivity index (χ1v) is 12.7. The van der Waals surface area contributed by atoms with Crippen LogP contribution in [0.1, 0.15) is 31.2 Å². The number of nitro groups is 1. The molecular formula is C24H31N7O3S. The van der Waals surface area contributed by atoms with Gasteiger partial charge in [0.05, 0.1) is 11.5 Å². The standard InChI is InChI=1S/C24H31N7O3S/c1-29-24(26-23(27-29)28-35-22-12-4-3-11-21(22)31(32)33)25-13-8-16-34-20-10-7-9-19(17-20)18-30-14-5-2-6-15-30/h3-4,7,9-12,17H,2,5-6,8,13-16,18H2,1H3,(H2,25,26,27,28). The molecular weight excluding hydrogens is 466 g/mol. The second-order valence-electron chi connectivity index (χ2n) is 8.42. The average molecular weight is 498 g/mol. The van der Waals surface area contributed by atoms with E-state index >= 15 is 0 Å². The Labute approximate surface area is 209 Å². The van der Waals surface area contributed by atoms with Crippen molar-refractivity contribution in [2.24, 2.45) is 7.05 Å². The molecule has 0 amide bonds. The van der Waals surface area contributed by atoms with Crippen molar-refractivity contribution in [3.63, 3.8) is 0 Å². The van der Waals surface area contributed by atoms with Crippen LogP contribution in [0.15, 0.2) is 53.4 Å². The van der Waals surface area contributed by atoms with Crippen molar-refractivity contribution in [3.05, 3.63) is 64.2 Å². The lowest BCUT2D eigenvalue weighted by molar-refractivity contribution is -0.387. The van der Waals surface area contributed by atoms with Gasteiger partial charge in [-0.15, -0.1) is 5.10 Å². The highest BCUT2D eigenvalue weighted by molar-refractivity contribution is 8.00. The molecule has 0 unspecified atom stereocenters. The molecule has 0 spiro atoms. The fourth-order valence-electron chi connectivity index (χ4n) is 3.95. The molecule has 0 saturated carbocycles. The quantitative estimate of drug-likeness (QED) is 0.159. The highest BCUT2D eigenvalue weighted by atomic mass is 32.2. The summed E-state index contributed by atoms with van der Waals surface area (Å²) in [5.74, 6) is 1.88. The van der Waals surface area contributed by atoms with Crippen LogP contribution in [0.5, 0.6) is 5.75 Å². The van der Waals surface area contributed by atoms with E-state index < -0.39 is 4.92 Å². The van der Waals surface area contributed by atoms with Gasteiger partial charge in [-0.25, -0.2) is 4.68 Å². The second kappa shape index (κ2) is 12.4. The SMILES string of the molecule is Cn1nc(NSc2ccccc2[N+](=O)[O-])nc1NCCCOc1cccc(CN2CCCCC2)c1. The summed E-state index contributed by atoms with van der Waals surface area (Å²) in [4.78, 5) is 18.2. The number of piperidine rings is 1. The van der Waals surface area contributed by atoms with E-state index in [0.717, 1.165) is 30.7 Å². The molecule has 1 aliphatic heterocycles. The number of hydrogen-bond acceptors (Lipinski definition) is 9. The van der Waals surface area contributed by atoms with Gasteiger partial charge in [-0.05, 0) is 68.1 Å². The molecule has 2 heterocycles. The zero-order valence-corrected chi connectivity index (χ0v) is 20.7. The molecule has 3 aromatic rings. The Kier molecular flexibility index (Phi) is 8.79. The summed E-state index contributed by atoms with van der Waals surface area (Å²) in [6.45, 7) is 4.62. The van der Waals surface area contributed by atoms with Gasteiger partial charge in [-0.2, -0.15) is 4.98 Å². The molecule has 35 heavy (non-hydrogen) atoms. The number of aryl methyl sites for hydroxylation is 1. The first-order chi connectivity index (χ1) is 17.1. The number of benzene rings is 2. The summed E-state index contributed by atoms with van der Waals surface area (Å²) >= 11 is 1.11. The Balaban J connectivity index is 1.19. The number of aromatic nitrogens is 3. The number of ether oxygens (including phenoxy) is 1. The van der Waals surface area contributed by atoms with Crippen molar-refractivity contribution in [1.82, 2.24) is 19.7 Å². The molecule has 2 aromatic carbocycles. The van der Waals surface area contributed by atoms with Gasteiger partial charge in [0.25, 0.3) is 11.6 Å². The fraction of sp³-hybridized carbons (Fsp3) is 0.417. The Morgan fingerprint density at radius 2 is 1.97 bits per heavy atom. The van der Waals surface area contributed by atoms with E-state index in [-0.39, 0.29) is 5.69 Å². The van der Waals surface area contributed by atoms with E-state index in [1.54, 1.807) is 29.9 Å². The molecule has 1 saturated heterocycles. The number of nitrogens with one attached hydrogen (secondary N) is 2. The van der Waals surface area contributed by atoms with Crippen LogP contribution in [0.4, 0.5) is 17.6 Å². The number of hydrogen-bond donors (Lipinski definition) is 2. The average Bonchev–Trinajstić information content (AvgIpc) is 3.22. The molecule has 0 aliphatic carbocycles. The van der Waals surface area contributed by atoms with Crippen LogP contribution in [-0.2, 0) is 13.6 Å². The third kappa shape index (κ3) is 7.33. The summed E-state index contributed by atoms with van der Waals surface area (Å²) < 4.78 is 10.6. The van der Waals surface area contributed by atoms with Crippen LogP contribution in [0.2, 0.25) is 0 Å². The predicted molar refractivity (Wildman–Crippen MR) is 138 cm³/mol. The maximum atomic E-state index is 11.2. The lowest BCUT2D eigenvalue weighted by atomic mass is 10.1. The van der Waals surface area contributed by atoms with Crippen molar-refractivity contribution < 1.29 is 9.66 Å². The van der Waals surface area contributed by atoms with Gasteiger partial charge in [0.1, 0.15) is 10.6 Å². The summed E-state index contributed by atoms with van der Waals surface area (Å²) in [5, 5.41) is 18.7. The summed E-state index contributed by atoms with van der Waals surface area (Å²) in [5.41, 5.74) is 1.33. The van der Waals surface area contributed by atoms with Crippen molar-refractivity contribution in [2.75, 3.05) is 36.3 Å². The third-order valence-corrected chi connectivity index (χ3v) is 6.55. The van der Waals surface area contributed by atoms with Crippen LogP contribution in [0.25, 0.3) is 0 Å². The Morgan fingerprint density at radius 3 is 2.80 bits per heavy atom. The highest BCUT2D eigenvalue weighted by Crippen LogP contribution is 2.29. The number of para-hydroxylation sites is 1. The highest BCUT2D eigenvalue weighted by Gasteiger charge is 2.15. The minimum Gasteiger partial charge on any atom is -0.494 e. The Morgan fingerprint density at radius 1 is 1.14 bits per heavy atom. The minimum absolute atomic E-state index is 0.0383. The van der Waals surface area contributed by atoms with Crippen LogP contribution < -0.4 is 14.8 Å². The van der Waals surface area contributed by atoms with Gasteiger partial charge in [0.2, 0.25) is 5.95 Å². The predicted octanol–water partition coefficient (Wildman–Crippen LogP) is 4.71. The zero-order valence-electron chi connectivity index (χ0n) is 19.9. The maximum Gasteiger partial charge on any atom is 0.284 e. The Hall–Kier alpha value is -3.31. The molecule has 11 heteroatoms. The summed E-state index contributed by atoms with van der Waals surface area (Å²) in [7, 11) is 1.79. The van der Waals surface area contributed by atoms with Crippen molar-refractivity contribution >= 4 is 29.5 Å². The topological polar surface area (TPSA) is 110 Å². The van der Waals surface area contributed by atoms with E-state index in [1.165, 1.54) is 44.0 Å². The molecule has 0 atom stereocenters. The molecule has 2 N–H and O–H groups in total. The first-order valence-electron chi connectivity index (χ1n) is 11.8. The Bertz CT molecular complexity index is 1120. The smallest absolute Gasteiger partial charge is 0.284 e. The maximum absolute atomic E-state index is 11.2. The first kappa shape index (κ1) is 24.8. The molecule has 0 bridgehead atoms. The molecule has 4 rings (SSSR count). The van der Waals surface area contributed by atoms with Crippen LogP contribution >= 0.6 is 11.9 Å².